The molecule has 1 unspecified atom stereocenters. The van der Waals surface area contributed by atoms with Crippen LogP contribution in [0.5, 0.6) is 0 Å². The Bertz CT molecular complexity index is 283. The highest BCUT2D eigenvalue weighted by Gasteiger charge is 2.28. The first kappa shape index (κ1) is 11.1. The zero-order valence-electron chi connectivity index (χ0n) is 8.85. The molecule has 3 nitrogen and oxygen atoms in total. The molecule has 0 aromatic carbocycles. The molecule has 1 heterocycles. The van der Waals surface area contributed by atoms with Gasteiger partial charge in [-0.05, 0) is 24.3 Å². The van der Waals surface area contributed by atoms with Crippen LogP contribution in [-0.4, -0.2) is 30.9 Å². The molecule has 1 fully saturated rings. The normalized spacial score (nSPS) is 27.3. The van der Waals surface area contributed by atoms with Gasteiger partial charge in [-0.15, -0.1) is 11.3 Å². The van der Waals surface area contributed by atoms with E-state index in [0.717, 1.165) is 17.7 Å². The third-order valence-corrected chi connectivity index (χ3v) is 3.87. The third kappa shape index (κ3) is 2.78. The van der Waals surface area contributed by atoms with Crippen LogP contribution in [0.3, 0.4) is 0 Å². The van der Waals surface area contributed by atoms with Gasteiger partial charge in [0.1, 0.15) is 6.10 Å². The van der Waals surface area contributed by atoms with E-state index in [1.165, 1.54) is 0 Å². The molecular formula is C11H17NO2S. The lowest BCUT2D eigenvalue weighted by atomic mass is 9.89. The predicted octanol–water partition coefficient (Wildman–Crippen LogP) is 1.55. The number of rotatable bonds is 5. The van der Waals surface area contributed by atoms with E-state index >= 15 is 0 Å². The quantitative estimate of drug-likeness (QED) is 0.802. The minimum absolute atomic E-state index is 0.369. The molecule has 1 aliphatic rings. The monoisotopic (exact) mass is 227 g/mol. The summed E-state index contributed by atoms with van der Waals surface area (Å²) in [5, 5.41) is 15.2. The molecule has 0 spiro atoms. The summed E-state index contributed by atoms with van der Waals surface area (Å²) in [6.07, 6.45) is 2.18. The third-order valence-electron chi connectivity index (χ3n) is 2.90. The van der Waals surface area contributed by atoms with E-state index in [0.29, 0.717) is 18.7 Å². The summed E-state index contributed by atoms with van der Waals surface area (Å²) >= 11 is 1.60. The van der Waals surface area contributed by atoms with E-state index in [2.05, 4.69) is 5.32 Å². The van der Waals surface area contributed by atoms with E-state index in [9.17, 15) is 5.11 Å². The standard InChI is InChI=1S/C11H17NO2S/c1-14-9-5-8(6-9)12-7-10(13)11-3-2-4-15-11/h2-4,8-10,12-13H,5-7H2,1H3. The maximum absolute atomic E-state index is 9.82. The van der Waals surface area contributed by atoms with Crippen LogP contribution in [0.1, 0.15) is 23.8 Å². The first-order valence-corrected chi connectivity index (χ1v) is 6.15. The fourth-order valence-electron chi connectivity index (χ4n) is 1.78. The molecule has 0 radical (unpaired) electrons. The second kappa shape index (κ2) is 5.07. The van der Waals surface area contributed by atoms with Gasteiger partial charge >= 0.3 is 0 Å². The van der Waals surface area contributed by atoms with E-state index in [4.69, 9.17) is 4.74 Å². The Labute approximate surface area is 94.1 Å². The molecule has 2 rings (SSSR count). The molecule has 4 heteroatoms. The highest BCUT2D eigenvalue weighted by molar-refractivity contribution is 7.10. The van der Waals surface area contributed by atoms with Crippen LogP contribution in [0, 0.1) is 0 Å². The molecule has 0 bridgehead atoms. The Hall–Kier alpha value is -0.420. The molecule has 1 atom stereocenters. The number of aliphatic hydroxyl groups is 1. The van der Waals surface area contributed by atoms with Gasteiger partial charge < -0.3 is 15.2 Å². The summed E-state index contributed by atoms with van der Waals surface area (Å²) in [6, 6.07) is 4.45. The van der Waals surface area contributed by atoms with Gasteiger partial charge in [0.05, 0.1) is 6.10 Å². The highest BCUT2D eigenvalue weighted by atomic mass is 32.1. The summed E-state index contributed by atoms with van der Waals surface area (Å²) in [4.78, 5) is 1.03. The van der Waals surface area contributed by atoms with E-state index in [-0.39, 0.29) is 6.10 Å². The van der Waals surface area contributed by atoms with Crippen molar-refractivity contribution in [3.8, 4) is 0 Å². The Morgan fingerprint density at radius 2 is 2.47 bits per heavy atom. The van der Waals surface area contributed by atoms with Gasteiger partial charge in [-0.25, -0.2) is 0 Å². The molecule has 2 N–H and O–H groups in total. The average molecular weight is 227 g/mol. The summed E-state index contributed by atoms with van der Waals surface area (Å²) in [5.74, 6) is 0. The molecule has 0 saturated heterocycles. The van der Waals surface area contributed by atoms with Crippen LogP contribution < -0.4 is 5.32 Å². The van der Waals surface area contributed by atoms with Gasteiger partial charge in [0.2, 0.25) is 0 Å². The molecule has 0 amide bonds. The number of aliphatic hydroxyl groups excluding tert-OH is 1. The molecule has 1 aromatic rings. The number of ether oxygens (including phenoxy) is 1. The first-order valence-electron chi connectivity index (χ1n) is 5.27. The second-order valence-electron chi connectivity index (χ2n) is 3.97. The minimum Gasteiger partial charge on any atom is -0.386 e. The molecule has 1 saturated carbocycles. The first-order chi connectivity index (χ1) is 7.29. The number of thiophene rings is 1. The smallest absolute Gasteiger partial charge is 0.101 e. The number of hydrogen-bond acceptors (Lipinski definition) is 4. The van der Waals surface area contributed by atoms with Crippen LogP contribution in [0.15, 0.2) is 17.5 Å². The van der Waals surface area contributed by atoms with Gasteiger partial charge in [0.25, 0.3) is 0 Å². The van der Waals surface area contributed by atoms with Crippen LogP contribution in [0.2, 0.25) is 0 Å². The molecule has 15 heavy (non-hydrogen) atoms. The average Bonchev–Trinajstić information content (AvgIpc) is 2.68. The van der Waals surface area contributed by atoms with Gasteiger partial charge in [-0.1, -0.05) is 6.07 Å². The molecular weight excluding hydrogens is 210 g/mol. The van der Waals surface area contributed by atoms with Gasteiger partial charge in [0.15, 0.2) is 0 Å². The lowest BCUT2D eigenvalue weighted by Crippen LogP contribution is -2.46. The molecule has 0 aliphatic heterocycles. The van der Waals surface area contributed by atoms with E-state index < -0.39 is 0 Å². The van der Waals surface area contributed by atoms with Crippen molar-refractivity contribution in [2.24, 2.45) is 0 Å². The van der Waals surface area contributed by atoms with Crippen LogP contribution >= 0.6 is 11.3 Å². The van der Waals surface area contributed by atoms with Crippen molar-refractivity contribution >= 4 is 11.3 Å². The maximum atomic E-state index is 9.82. The summed E-state index contributed by atoms with van der Waals surface area (Å²) < 4.78 is 5.19. The summed E-state index contributed by atoms with van der Waals surface area (Å²) in [6.45, 7) is 0.640. The predicted molar refractivity (Wildman–Crippen MR) is 61.1 cm³/mol. The highest BCUT2D eigenvalue weighted by Crippen LogP contribution is 2.24. The van der Waals surface area contributed by atoms with Crippen molar-refractivity contribution in [1.29, 1.82) is 0 Å². The Morgan fingerprint density at radius 3 is 3.07 bits per heavy atom. The Balaban J connectivity index is 1.67. The number of methoxy groups -OCH3 is 1. The van der Waals surface area contributed by atoms with Crippen molar-refractivity contribution in [3.63, 3.8) is 0 Å². The zero-order chi connectivity index (χ0) is 10.7. The fraction of sp³-hybridized carbons (Fsp3) is 0.636. The van der Waals surface area contributed by atoms with Crippen LogP contribution in [0.4, 0.5) is 0 Å². The van der Waals surface area contributed by atoms with Crippen molar-refractivity contribution in [1.82, 2.24) is 5.32 Å². The van der Waals surface area contributed by atoms with Crippen molar-refractivity contribution in [3.05, 3.63) is 22.4 Å². The largest absolute Gasteiger partial charge is 0.386 e. The molecule has 1 aliphatic carbocycles. The Morgan fingerprint density at radius 1 is 1.67 bits per heavy atom. The van der Waals surface area contributed by atoms with Crippen LogP contribution in [0.25, 0.3) is 0 Å². The number of hydrogen-bond donors (Lipinski definition) is 2. The zero-order valence-corrected chi connectivity index (χ0v) is 9.67. The van der Waals surface area contributed by atoms with Gasteiger partial charge in [-0.2, -0.15) is 0 Å². The molecule has 1 aromatic heterocycles. The van der Waals surface area contributed by atoms with E-state index in [1.54, 1.807) is 18.4 Å². The lowest BCUT2D eigenvalue weighted by molar-refractivity contribution is 0.0138. The van der Waals surface area contributed by atoms with Crippen LogP contribution in [-0.2, 0) is 4.74 Å². The second-order valence-corrected chi connectivity index (χ2v) is 4.94. The van der Waals surface area contributed by atoms with E-state index in [1.807, 2.05) is 17.5 Å². The topological polar surface area (TPSA) is 41.5 Å². The van der Waals surface area contributed by atoms with Gasteiger partial charge in [0, 0.05) is 24.6 Å². The van der Waals surface area contributed by atoms with Crippen molar-refractivity contribution < 1.29 is 9.84 Å². The molecule has 84 valence electrons. The number of nitrogens with one attached hydrogen (secondary N) is 1. The van der Waals surface area contributed by atoms with Crippen molar-refractivity contribution in [2.75, 3.05) is 13.7 Å². The summed E-state index contributed by atoms with van der Waals surface area (Å²) in [7, 11) is 1.75. The minimum atomic E-state index is -0.369. The lowest BCUT2D eigenvalue weighted by Gasteiger charge is -2.35. The maximum Gasteiger partial charge on any atom is 0.101 e. The van der Waals surface area contributed by atoms with Crippen molar-refractivity contribution in [2.45, 2.75) is 31.1 Å². The van der Waals surface area contributed by atoms with Gasteiger partial charge in [-0.3, -0.25) is 0 Å². The fourth-order valence-corrected chi connectivity index (χ4v) is 2.50. The summed E-state index contributed by atoms with van der Waals surface area (Å²) in [5.41, 5.74) is 0. The SMILES string of the molecule is COC1CC(NCC(O)c2cccs2)C1. The Kier molecular flexibility index (Phi) is 3.75.